The van der Waals surface area contributed by atoms with Gasteiger partial charge in [-0.3, -0.25) is 4.79 Å². The summed E-state index contributed by atoms with van der Waals surface area (Å²) in [5, 5.41) is 16.7. The number of aliphatic hydroxyl groups is 2. The second kappa shape index (κ2) is 3.85. The van der Waals surface area contributed by atoms with Crippen LogP contribution in [0, 0.1) is 0 Å². The first-order valence-electron chi connectivity index (χ1n) is 3.34. The van der Waals surface area contributed by atoms with E-state index >= 15 is 0 Å². The van der Waals surface area contributed by atoms with Crippen LogP contribution in [0.5, 0.6) is 0 Å². The summed E-state index contributed by atoms with van der Waals surface area (Å²) in [6, 6.07) is 0. The van der Waals surface area contributed by atoms with E-state index in [9.17, 15) is 4.79 Å². The Labute approximate surface area is 63.5 Å². The van der Waals surface area contributed by atoms with Crippen LogP contribution in [0.1, 0.15) is 19.8 Å². The second-order valence-electron chi connectivity index (χ2n) is 2.55. The van der Waals surface area contributed by atoms with E-state index in [1.165, 1.54) is 6.29 Å². The Bertz CT molecular complexity index is 114. The Morgan fingerprint density at radius 3 is 2.60 bits per heavy atom. The first kappa shape index (κ1) is 9.81. The second-order valence-corrected chi connectivity index (χ2v) is 4.08. The summed E-state index contributed by atoms with van der Waals surface area (Å²) in [6.07, 6.45) is 1.73. The average molecular weight is 161 g/mol. The summed E-state index contributed by atoms with van der Waals surface area (Å²) in [6.45, 7) is 1.88. The maximum atomic E-state index is 10.0. The van der Waals surface area contributed by atoms with Gasteiger partial charge in [0.2, 0.25) is 6.29 Å². The maximum Gasteiger partial charge on any atom is 0.230 e. The van der Waals surface area contributed by atoms with Gasteiger partial charge in [0, 0.05) is 0 Å². The average Bonchev–Trinajstić information content (AvgIpc) is 1.89. The Balaban J connectivity index is 3.90. The molecule has 2 unspecified atom stereocenters. The number of aliphatic hydroxyl groups excluding tert-OH is 1. The highest BCUT2D eigenvalue weighted by atomic mass is 28.1. The van der Waals surface area contributed by atoms with Crippen LogP contribution >= 0.6 is 0 Å². The lowest BCUT2D eigenvalue weighted by Gasteiger charge is -2.21. The lowest BCUT2D eigenvalue weighted by molar-refractivity contribution is 0.0246. The minimum absolute atomic E-state index is 0.229. The third-order valence-corrected chi connectivity index (χ3v) is 2.29. The maximum absolute atomic E-state index is 10.0. The van der Waals surface area contributed by atoms with Crippen LogP contribution in [0.15, 0.2) is 0 Å². The van der Waals surface area contributed by atoms with Gasteiger partial charge in [-0.2, -0.15) is 0 Å². The number of hydrogen-bond donors (Lipinski definition) is 2. The molecular formula is C6H13O3Si. The molecule has 0 aliphatic heterocycles. The van der Waals surface area contributed by atoms with Crippen LogP contribution in [0.3, 0.4) is 0 Å². The molecule has 0 aromatic carbocycles. The molecule has 10 heavy (non-hydrogen) atoms. The molecule has 0 heterocycles. The molecule has 0 rings (SSSR count). The van der Waals surface area contributed by atoms with Gasteiger partial charge in [-0.1, -0.05) is 13.3 Å². The van der Waals surface area contributed by atoms with Crippen molar-refractivity contribution in [1.29, 1.82) is 0 Å². The van der Waals surface area contributed by atoms with Gasteiger partial charge in [-0.25, -0.2) is 0 Å². The van der Waals surface area contributed by atoms with Gasteiger partial charge in [-0.15, -0.1) is 0 Å². The van der Waals surface area contributed by atoms with E-state index < -0.39 is 11.3 Å². The molecule has 0 aromatic heterocycles. The monoisotopic (exact) mass is 161 g/mol. The van der Waals surface area contributed by atoms with Crippen molar-refractivity contribution >= 4 is 16.5 Å². The molecule has 2 atom stereocenters. The number of hydrogen-bond acceptors (Lipinski definition) is 3. The SMILES string of the molecule is CCCC(O)C(O)([SiH3])[C]=O. The molecule has 0 aliphatic rings. The number of carbonyl (C=O) groups excluding carboxylic acids is 1. The first-order valence-corrected chi connectivity index (χ1v) is 4.34. The van der Waals surface area contributed by atoms with Crippen molar-refractivity contribution in [2.24, 2.45) is 0 Å². The van der Waals surface area contributed by atoms with Gasteiger partial charge in [0.1, 0.15) is 5.22 Å². The molecule has 0 bridgehead atoms. The van der Waals surface area contributed by atoms with E-state index in [1.807, 2.05) is 6.92 Å². The van der Waals surface area contributed by atoms with Crippen molar-refractivity contribution in [3.05, 3.63) is 0 Å². The summed E-state index contributed by atoms with van der Waals surface area (Å²) in [7, 11) is 0.229. The van der Waals surface area contributed by atoms with Gasteiger partial charge in [0.15, 0.2) is 0 Å². The fourth-order valence-corrected chi connectivity index (χ4v) is 0.911. The van der Waals surface area contributed by atoms with E-state index in [0.29, 0.717) is 6.42 Å². The summed E-state index contributed by atoms with van der Waals surface area (Å²) in [5.74, 6) is 0. The van der Waals surface area contributed by atoms with E-state index in [2.05, 4.69) is 0 Å². The lowest BCUT2D eigenvalue weighted by atomic mass is 10.1. The summed E-state index contributed by atoms with van der Waals surface area (Å²) >= 11 is 0. The smallest absolute Gasteiger partial charge is 0.230 e. The Morgan fingerprint density at radius 1 is 1.80 bits per heavy atom. The molecule has 1 radical (unpaired) electrons. The predicted octanol–water partition coefficient (Wildman–Crippen LogP) is -1.69. The van der Waals surface area contributed by atoms with E-state index in [-0.39, 0.29) is 10.2 Å². The predicted molar refractivity (Wildman–Crippen MR) is 41.5 cm³/mol. The lowest BCUT2D eigenvalue weighted by Crippen LogP contribution is -2.44. The van der Waals surface area contributed by atoms with Gasteiger partial charge in [0.25, 0.3) is 0 Å². The highest BCUT2D eigenvalue weighted by Gasteiger charge is 2.29. The molecule has 59 valence electrons. The minimum Gasteiger partial charge on any atom is -0.390 e. The Kier molecular flexibility index (Phi) is 3.78. The van der Waals surface area contributed by atoms with Crippen LogP contribution < -0.4 is 0 Å². The molecule has 0 spiro atoms. The minimum atomic E-state index is -1.56. The fourth-order valence-electron chi connectivity index (χ4n) is 0.623. The highest BCUT2D eigenvalue weighted by molar-refractivity contribution is 6.23. The zero-order chi connectivity index (χ0) is 8.20. The molecule has 0 aromatic rings. The van der Waals surface area contributed by atoms with Crippen LogP contribution in [0.25, 0.3) is 0 Å². The quantitative estimate of drug-likeness (QED) is 0.484. The number of rotatable bonds is 4. The van der Waals surface area contributed by atoms with Crippen LogP contribution in [-0.2, 0) is 4.79 Å². The Morgan fingerprint density at radius 2 is 2.30 bits per heavy atom. The van der Waals surface area contributed by atoms with Gasteiger partial charge in [-0.05, 0) is 6.42 Å². The molecule has 0 amide bonds. The third-order valence-electron chi connectivity index (χ3n) is 1.42. The molecule has 0 saturated carbocycles. The standard InChI is InChI=1S/C6H13O3Si/c1-2-3-5(8)6(9,10)4-7/h5,8-9H,2-3H2,1,10H3. The van der Waals surface area contributed by atoms with Crippen molar-refractivity contribution in [1.82, 2.24) is 0 Å². The largest absolute Gasteiger partial charge is 0.390 e. The topological polar surface area (TPSA) is 57.5 Å². The molecule has 0 aliphatic carbocycles. The van der Waals surface area contributed by atoms with Gasteiger partial charge >= 0.3 is 0 Å². The zero-order valence-electron chi connectivity index (χ0n) is 6.29. The highest BCUT2D eigenvalue weighted by Crippen LogP contribution is 2.08. The summed E-state index contributed by atoms with van der Waals surface area (Å²) in [5.41, 5.74) is 0. The van der Waals surface area contributed by atoms with Crippen LogP contribution in [-0.4, -0.2) is 38.1 Å². The Hall–Kier alpha value is -0.193. The van der Waals surface area contributed by atoms with Crippen LogP contribution in [0.4, 0.5) is 0 Å². The molecule has 3 nitrogen and oxygen atoms in total. The zero-order valence-corrected chi connectivity index (χ0v) is 8.29. The van der Waals surface area contributed by atoms with Gasteiger partial charge in [0.05, 0.1) is 16.3 Å². The molecule has 2 N–H and O–H groups in total. The van der Waals surface area contributed by atoms with Crippen LogP contribution in [0.2, 0.25) is 0 Å². The van der Waals surface area contributed by atoms with Crippen molar-refractivity contribution in [2.75, 3.05) is 0 Å². The van der Waals surface area contributed by atoms with Crippen molar-refractivity contribution in [3.8, 4) is 0 Å². The molecule has 0 saturated heterocycles. The van der Waals surface area contributed by atoms with Gasteiger partial charge < -0.3 is 10.2 Å². The molecular weight excluding hydrogens is 148 g/mol. The summed E-state index contributed by atoms with van der Waals surface area (Å²) in [4.78, 5) is 10.0. The van der Waals surface area contributed by atoms with E-state index in [4.69, 9.17) is 10.2 Å². The van der Waals surface area contributed by atoms with E-state index in [0.717, 1.165) is 6.42 Å². The first-order chi connectivity index (χ1) is 4.54. The fraction of sp³-hybridized carbons (Fsp3) is 0.833. The van der Waals surface area contributed by atoms with Crippen molar-refractivity contribution in [3.63, 3.8) is 0 Å². The normalized spacial score (nSPS) is 19.9. The molecule has 4 heteroatoms. The third kappa shape index (κ3) is 2.59. The van der Waals surface area contributed by atoms with E-state index in [1.54, 1.807) is 0 Å². The van der Waals surface area contributed by atoms with Crippen molar-refractivity contribution in [2.45, 2.75) is 31.1 Å². The summed E-state index contributed by atoms with van der Waals surface area (Å²) < 4.78 is 0. The van der Waals surface area contributed by atoms with Crippen molar-refractivity contribution < 1.29 is 15.0 Å². The molecule has 0 fully saturated rings.